The Balaban J connectivity index is 1.77. The van der Waals surface area contributed by atoms with Crippen molar-refractivity contribution >= 4 is 18.4 Å². The lowest BCUT2D eigenvalue weighted by atomic mass is 10.1. The van der Waals surface area contributed by atoms with Gasteiger partial charge in [-0.25, -0.2) is 0 Å². The van der Waals surface area contributed by atoms with Crippen molar-refractivity contribution in [2.45, 2.75) is 26.2 Å². The molecular formula is C20H22N4OS. The van der Waals surface area contributed by atoms with Gasteiger partial charge in [0, 0.05) is 12.0 Å². The van der Waals surface area contributed by atoms with Crippen LogP contribution >= 0.6 is 12.2 Å². The zero-order chi connectivity index (χ0) is 18.2. The van der Waals surface area contributed by atoms with Crippen molar-refractivity contribution in [1.82, 2.24) is 14.9 Å². The molecule has 0 radical (unpaired) electrons. The largest absolute Gasteiger partial charge is 0.493 e. The number of benzene rings is 2. The van der Waals surface area contributed by atoms with E-state index in [0.717, 1.165) is 36.4 Å². The molecule has 134 valence electrons. The highest BCUT2D eigenvalue weighted by atomic mass is 32.1. The van der Waals surface area contributed by atoms with E-state index >= 15 is 0 Å². The molecule has 0 aliphatic heterocycles. The zero-order valence-electron chi connectivity index (χ0n) is 14.8. The average Bonchev–Trinajstić information content (AvgIpc) is 3.04. The minimum Gasteiger partial charge on any atom is -0.493 e. The molecule has 3 rings (SSSR count). The third-order valence-corrected chi connectivity index (χ3v) is 4.15. The molecule has 6 heteroatoms. The Labute approximate surface area is 158 Å². The minimum absolute atomic E-state index is 0.483. The average molecular weight is 366 g/mol. The number of ether oxygens (including phenoxy) is 1. The van der Waals surface area contributed by atoms with Gasteiger partial charge in [0.05, 0.1) is 12.8 Å². The van der Waals surface area contributed by atoms with E-state index in [1.165, 1.54) is 5.56 Å². The Morgan fingerprint density at radius 1 is 1.12 bits per heavy atom. The van der Waals surface area contributed by atoms with Gasteiger partial charge in [-0.3, -0.25) is 5.10 Å². The summed E-state index contributed by atoms with van der Waals surface area (Å²) in [6.45, 7) is 2.76. The molecule has 26 heavy (non-hydrogen) atoms. The molecule has 1 heterocycles. The number of hydrogen-bond acceptors (Lipinski definition) is 4. The molecule has 0 bridgehead atoms. The Morgan fingerprint density at radius 3 is 2.69 bits per heavy atom. The summed E-state index contributed by atoms with van der Waals surface area (Å²) < 4.78 is 7.93. The van der Waals surface area contributed by atoms with Gasteiger partial charge >= 0.3 is 0 Å². The van der Waals surface area contributed by atoms with Crippen molar-refractivity contribution in [2.24, 2.45) is 5.10 Å². The topological polar surface area (TPSA) is 55.2 Å². The van der Waals surface area contributed by atoms with Gasteiger partial charge < -0.3 is 4.74 Å². The van der Waals surface area contributed by atoms with Crippen molar-refractivity contribution in [3.8, 4) is 5.75 Å². The molecule has 3 aromatic rings. The highest BCUT2D eigenvalue weighted by Crippen LogP contribution is 2.16. The van der Waals surface area contributed by atoms with Crippen molar-refractivity contribution in [2.75, 3.05) is 6.61 Å². The lowest BCUT2D eigenvalue weighted by Gasteiger charge is -2.07. The molecule has 0 atom stereocenters. The number of aromatic nitrogens is 3. The van der Waals surface area contributed by atoms with E-state index < -0.39 is 0 Å². The molecule has 5 nitrogen and oxygen atoms in total. The van der Waals surface area contributed by atoms with Crippen LogP contribution in [0.1, 0.15) is 30.3 Å². The maximum absolute atomic E-state index is 5.77. The van der Waals surface area contributed by atoms with E-state index in [-0.39, 0.29) is 0 Å². The van der Waals surface area contributed by atoms with Gasteiger partial charge in [-0.1, -0.05) is 49.4 Å². The Bertz CT molecular complexity index is 915. The van der Waals surface area contributed by atoms with Crippen LogP contribution in [0.4, 0.5) is 0 Å². The zero-order valence-corrected chi connectivity index (χ0v) is 15.6. The van der Waals surface area contributed by atoms with Gasteiger partial charge in [0.2, 0.25) is 4.77 Å². The molecule has 0 fully saturated rings. The lowest BCUT2D eigenvalue weighted by molar-refractivity contribution is 0.317. The molecule has 0 saturated heterocycles. The summed E-state index contributed by atoms with van der Waals surface area (Å²) in [5, 5.41) is 11.7. The van der Waals surface area contributed by atoms with Gasteiger partial charge in [0.25, 0.3) is 0 Å². The number of rotatable bonds is 8. The van der Waals surface area contributed by atoms with Crippen LogP contribution in [-0.2, 0) is 12.8 Å². The van der Waals surface area contributed by atoms with Crippen LogP contribution in [0.5, 0.6) is 5.75 Å². The standard InChI is InChI=1S/C20H22N4OS/c1-2-14-25-18-11-7-6-10-17(18)15-21-24-19(22-23-20(24)26)13-12-16-8-4-3-5-9-16/h3-11,15H,2,12-14H2,1H3,(H,23,26)/b21-15-. The van der Waals surface area contributed by atoms with E-state index in [2.05, 4.69) is 34.4 Å². The summed E-state index contributed by atoms with van der Waals surface area (Å²) in [5.41, 5.74) is 2.17. The highest BCUT2D eigenvalue weighted by molar-refractivity contribution is 7.71. The fourth-order valence-electron chi connectivity index (χ4n) is 2.56. The normalized spacial score (nSPS) is 11.1. The fourth-order valence-corrected chi connectivity index (χ4v) is 2.75. The van der Waals surface area contributed by atoms with Crippen LogP contribution in [0, 0.1) is 4.77 Å². The third-order valence-electron chi connectivity index (χ3n) is 3.89. The Hall–Kier alpha value is -2.73. The summed E-state index contributed by atoms with van der Waals surface area (Å²) in [6.07, 6.45) is 4.36. The van der Waals surface area contributed by atoms with Gasteiger partial charge in [0.1, 0.15) is 5.75 Å². The summed E-state index contributed by atoms with van der Waals surface area (Å²) in [7, 11) is 0. The second kappa shape index (κ2) is 9.10. The van der Waals surface area contributed by atoms with Gasteiger partial charge in [-0.2, -0.15) is 14.9 Å². The smallest absolute Gasteiger partial charge is 0.216 e. The van der Waals surface area contributed by atoms with Crippen LogP contribution in [0.3, 0.4) is 0 Å². The maximum Gasteiger partial charge on any atom is 0.216 e. The number of nitrogens with one attached hydrogen (secondary N) is 1. The molecular weight excluding hydrogens is 344 g/mol. The van der Waals surface area contributed by atoms with Crippen molar-refractivity contribution in [3.63, 3.8) is 0 Å². The van der Waals surface area contributed by atoms with Crippen LogP contribution in [0.15, 0.2) is 59.7 Å². The third kappa shape index (κ3) is 4.67. The first-order chi connectivity index (χ1) is 12.8. The van der Waals surface area contributed by atoms with Crippen molar-refractivity contribution in [3.05, 3.63) is 76.3 Å². The van der Waals surface area contributed by atoms with E-state index in [9.17, 15) is 0 Å². The predicted molar refractivity (Wildman–Crippen MR) is 106 cm³/mol. The number of H-pyrrole nitrogens is 1. The monoisotopic (exact) mass is 366 g/mol. The van der Waals surface area contributed by atoms with E-state index in [1.54, 1.807) is 10.9 Å². The van der Waals surface area contributed by atoms with Crippen molar-refractivity contribution < 1.29 is 4.74 Å². The summed E-state index contributed by atoms with van der Waals surface area (Å²) in [4.78, 5) is 0. The molecule has 0 amide bonds. The van der Waals surface area contributed by atoms with Crippen LogP contribution in [0.25, 0.3) is 0 Å². The highest BCUT2D eigenvalue weighted by Gasteiger charge is 2.06. The van der Waals surface area contributed by atoms with Crippen molar-refractivity contribution in [1.29, 1.82) is 0 Å². The van der Waals surface area contributed by atoms with E-state index in [0.29, 0.717) is 11.4 Å². The maximum atomic E-state index is 5.77. The quantitative estimate of drug-likeness (QED) is 0.475. The molecule has 0 aliphatic rings. The summed E-state index contributed by atoms with van der Waals surface area (Å²) in [5.74, 6) is 1.63. The first kappa shape index (κ1) is 18.1. The predicted octanol–water partition coefficient (Wildman–Crippen LogP) is 4.40. The lowest BCUT2D eigenvalue weighted by Crippen LogP contribution is -2.02. The molecule has 0 aliphatic carbocycles. The SMILES string of the molecule is CCCOc1ccccc1/C=N\n1c(CCc2ccccc2)n[nH]c1=S. The Kier molecular flexibility index (Phi) is 6.33. The number of para-hydroxylation sites is 1. The van der Waals surface area contributed by atoms with E-state index in [4.69, 9.17) is 17.0 Å². The van der Waals surface area contributed by atoms with Gasteiger partial charge in [-0.15, -0.1) is 0 Å². The molecule has 0 spiro atoms. The molecule has 1 N–H and O–H groups in total. The first-order valence-corrected chi connectivity index (χ1v) is 9.15. The second-order valence-corrected chi connectivity index (χ2v) is 6.26. The number of aromatic amines is 1. The summed E-state index contributed by atoms with van der Waals surface area (Å²) >= 11 is 5.32. The van der Waals surface area contributed by atoms with Crippen LogP contribution < -0.4 is 4.74 Å². The number of nitrogens with zero attached hydrogens (tertiary/aromatic N) is 3. The Morgan fingerprint density at radius 2 is 1.88 bits per heavy atom. The molecule has 0 unspecified atom stereocenters. The first-order valence-electron chi connectivity index (χ1n) is 8.74. The minimum atomic E-state index is 0.483. The number of aryl methyl sites for hydroxylation is 2. The van der Waals surface area contributed by atoms with Crippen LogP contribution in [-0.4, -0.2) is 27.7 Å². The molecule has 1 aromatic heterocycles. The van der Waals surface area contributed by atoms with Crippen LogP contribution in [0.2, 0.25) is 0 Å². The number of hydrogen-bond donors (Lipinski definition) is 1. The molecule has 0 saturated carbocycles. The van der Waals surface area contributed by atoms with Gasteiger partial charge in [-0.05, 0) is 42.8 Å². The van der Waals surface area contributed by atoms with E-state index in [1.807, 2.05) is 42.5 Å². The molecule has 2 aromatic carbocycles. The van der Waals surface area contributed by atoms with Gasteiger partial charge in [0.15, 0.2) is 5.82 Å². The second-order valence-electron chi connectivity index (χ2n) is 5.87. The summed E-state index contributed by atoms with van der Waals surface area (Å²) in [6, 6.07) is 18.1. The fraction of sp³-hybridized carbons (Fsp3) is 0.250.